The Labute approximate surface area is 162 Å². The summed E-state index contributed by atoms with van der Waals surface area (Å²) < 4.78 is 5.39. The monoisotopic (exact) mass is 391 g/mol. The molecule has 0 fully saturated rings. The molecule has 0 radical (unpaired) electrons. The average molecular weight is 392 g/mol. The van der Waals surface area contributed by atoms with Gasteiger partial charge in [0.2, 0.25) is 0 Å². The summed E-state index contributed by atoms with van der Waals surface area (Å²) in [5, 5.41) is 4.09. The van der Waals surface area contributed by atoms with Crippen molar-refractivity contribution in [2.45, 2.75) is 45.4 Å². The predicted octanol–water partition coefficient (Wildman–Crippen LogP) is 5.49. The van der Waals surface area contributed by atoms with Crippen molar-refractivity contribution >= 4 is 39.8 Å². The van der Waals surface area contributed by atoms with Gasteiger partial charge in [-0.25, -0.2) is 4.79 Å². The second kappa shape index (κ2) is 8.69. The van der Waals surface area contributed by atoms with Gasteiger partial charge in [0.05, 0.1) is 12.2 Å². The van der Waals surface area contributed by atoms with Crippen molar-refractivity contribution in [2.75, 3.05) is 11.9 Å². The topological polar surface area (TPSA) is 55.4 Å². The van der Waals surface area contributed by atoms with Crippen molar-refractivity contribution in [3.63, 3.8) is 0 Å². The van der Waals surface area contributed by atoms with Gasteiger partial charge >= 0.3 is 5.97 Å². The third-order valence-corrected chi connectivity index (χ3v) is 5.86. The van der Waals surface area contributed by atoms with Crippen LogP contribution in [0.4, 0.5) is 5.00 Å². The van der Waals surface area contributed by atoms with Crippen LogP contribution in [0.1, 0.15) is 63.8 Å². The van der Waals surface area contributed by atoms with Crippen molar-refractivity contribution in [2.24, 2.45) is 0 Å². The Bertz CT molecular complexity index is 798. The lowest BCUT2D eigenvalue weighted by molar-refractivity contribution is 0.0505. The number of hydrogen-bond donors (Lipinski definition) is 1. The van der Waals surface area contributed by atoms with Crippen LogP contribution in [-0.2, 0) is 17.6 Å². The summed E-state index contributed by atoms with van der Waals surface area (Å²) in [5.41, 5.74) is 2.11. The number of ether oxygens (including phenoxy) is 1. The molecule has 2 aromatic rings. The minimum absolute atomic E-state index is 0.248. The molecule has 6 heteroatoms. The number of halogens is 1. The number of thiophene rings is 1. The zero-order valence-corrected chi connectivity index (χ0v) is 16.3. The normalized spacial score (nSPS) is 13.6. The van der Waals surface area contributed by atoms with E-state index in [1.54, 1.807) is 24.3 Å². The molecule has 138 valence electrons. The Morgan fingerprint density at radius 1 is 1.15 bits per heavy atom. The number of nitrogens with one attached hydrogen (secondary N) is 1. The van der Waals surface area contributed by atoms with Gasteiger partial charge in [0.1, 0.15) is 5.00 Å². The van der Waals surface area contributed by atoms with Gasteiger partial charge in [-0.1, -0.05) is 24.9 Å². The lowest BCUT2D eigenvalue weighted by Gasteiger charge is -2.09. The highest BCUT2D eigenvalue weighted by molar-refractivity contribution is 7.17. The van der Waals surface area contributed by atoms with E-state index >= 15 is 0 Å². The van der Waals surface area contributed by atoms with Crippen LogP contribution in [0.3, 0.4) is 0 Å². The molecule has 0 saturated carbocycles. The average Bonchev–Trinajstić information content (AvgIpc) is 2.81. The molecule has 4 nitrogen and oxygen atoms in total. The van der Waals surface area contributed by atoms with Gasteiger partial charge in [-0.3, -0.25) is 4.79 Å². The predicted molar refractivity (Wildman–Crippen MR) is 106 cm³/mol. The molecule has 0 bridgehead atoms. The number of benzene rings is 1. The number of amides is 1. The second-order valence-corrected chi connectivity index (χ2v) is 7.91. The van der Waals surface area contributed by atoms with E-state index in [0.29, 0.717) is 27.8 Å². The highest BCUT2D eigenvalue weighted by Gasteiger charge is 2.26. The zero-order chi connectivity index (χ0) is 18.5. The summed E-state index contributed by atoms with van der Waals surface area (Å²) in [4.78, 5) is 26.4. The number of hydrogen-bond acceptors (Lipinski definition) is 4. The van der Waals surface area contributed by atoms with Crippen LogP contribution < -0.4 is 5.32 Å². The van der Waals surface area contributed by atoms with Crippen LogP contribution in [0.15, 0.2) is 24.3 Å². The first kappa shape index (κ1) is 18.9. The van der Waals surface area contributed by atoms with E-state index in [2.05, 4.69) is 5.32 Å². The first-order valence-electron chi connectivity index (χ1n) is 8.98. The summed E-state index contributed by atoms with van der Waals surface area (Å²) in [6.45, 7) is 2.35. The van der Waals surface area contributed by atoms with Crippen molar-refractivity contribution in [1.82, 2.24) is 0 Å². The lowest BCUT2D eigenvalue weighted by atomic mass is 10.1. The van der Waals surface area contributed by atoms with Crippen LogP contribution in [0.25, 0.3) is 0 Å². The van der Waals surface area contributed by atoms with Gasteiger partial charge in [0.25, 0.3) is 5.91 Å². The Balaban J connectivity index is 1.91. The highest BCUT2D eigenvalue weighted by Crippen LogP contribution is 2.38. The number of aryl methyl sites for hydroxylation is 1. The first-order valence-corrected chi connectivity index (χ1v) is 10.2. The molecule has 26 heavy (non-hydrogen) atoms. The number of carbonyl (C=O) groups excluding carboxylic acids is 2. The molecule has 1 aliphatic rings. The molecule has 3 rings (SSSR count). The molecule has 1 amide bonds. The van der Waals surface area contributed by atoms with Crippen LogP contribution in [-0.4, -0.2) is 18.5 Å². The summed E-state index contributed by atoms with van der Waals surface area (Å²) >= 11 is 7.39. The number of rotatable bonds is 5. The van der Waals surface area contributed by atoms with E-state index in [0.717, 1.165) is 44.1 Å². The fourth-order valence-electron chi connectivity index (χ4n) is 3.09. The third-order valence-electron chi connectivity index (χ3n) is 4.40. The molecule has 1 aliphatic carbocycles. The van der Waals surface area contributed by atoms with E-state index in [1.807, 2.05) is 6.92 Å². The molecule has 1 heterocycles. The minimum atomic E-state index is -0.336. The molecular formula is C20H22ClNO3S. The van der Waals surface area contributed by atoms with Gasteiger partial charge < -0.3 is 10.1 Å². The number of anilines is 1. The summed E-state index contributed by atoms with van der Waals surface area (Å²) in [6, 6.07) is 6.70. The molecule has 0 aliphatic heterocycles. The molecule has 1 aromatic heterocycles. The van der Waals surface area contributed by atoms with Crippen LogP contribution in [0, 0.1) is 0 Å². The van der Waals surface area contributed by atoms with E-state index in [4.69, 9.17) is 16.3 Å². The largest absolute Gasteiger partial charge is 0.462 e. The van der Waals surface area contributed by atoms with E-state index in [1.165, 1.54) is 16.2 Å². The van der Waals surface area contributed by atoms with E-state index in [9.17, 15) is 9.59 Å². The summed E-state index contributed by atoms with van der Waals surface area (Å²) in [6.07, 6.45) is 5.91. The molecule has 0 saturated heterocycles. The van der Waals surface area contributed by atoms with Crippen molar-refractivity contribution in [1.29, 1.82) is 0 Å². The molecule has 0 spiro atoms. The number of fused-ring (bicyclic) bond motifs is 1. The Morgan fingerprint density at radius 3 is 2.62 bits per heavy atom. The maximum atomic E-state index is 12.6. The van der Waals surface area contributed by atoms with Gasteiger partial charge in [-0.05, 0) is 61.9 Å². The maximum Gasteiger partial charge on any atom is 0.341 e. The lowest BCUT2D eigenvalue weighted by Crippen LogP contribution is -2.15. The Morgan fingerprint density at radius 2 is 1.88 bits per heavy atom. The SMILES string of the molecule is CCCOC(=O)c1c(NC(=O)c2ccc(Cl)cc2)sc2c1CCCCC2. The van der Waals surface area contributed by atoms with Crippen molar-refractivity contribution in [3.05, 3.63) is 50.9 Å². The molecule has 1 N–H and O–H groups in total. The standard InChI is InChI=1S/C20H22ClNO3S/c1-2-12-25-20(24)17-15-6-4-3-5-7-16(15)26-19(17)22-18(23)13-8-10-14(21)11-9-13/h8-11H,2-7,12H2,1H3,(H,22,23). The molecular weight excluding hydrogens is 370 g/mol. The Kier molecular flexibility index (Phi) is 6.33. The summed E-state index contributed by atoms with van der Waals surface area (Å²) in [7, 11) is 0. The quantitative estimate of drug-likeness (QED) is 0.541. The minimum Gasteiger partial charge on any atom is -0.462 e. The first-order chi connectivity index (χ1) is 12.6. The highest BCUT2D eigenvalue weighted by atomic mass is 35.5. The Hall–Kier alpha value is -1.85. The van der Waals surface area contributed by atoms with Crippen LogP contribution in [0.5, 0.6) is 0 Å². The fourth-order valence-corrected chi connectivity index (χ4v) is 4.49. The number of esters is 1. The molecule has 0 atom stereocenters. The number of carbonyl (C=O) groups is 2. The maximum absolute atomic E-state index is 12.6. The summed E-state index contributed by atoms with van der Waals surface area (Å²) in [5.74, 6) is -0.583. The van der Waals surface area contributed by atoms with Gasteiger partial charge in [-0.15, -0.1) is 11.3 Å². The van der Waals surface area contributed by atoms with Gasteiger partial charge in [0, 0.05) is 15.5 Å². The van der Waals surface area contributed by atoms with Crippen LogP contribution in [0.2, 0.25) is 5.02 Å². The third kappa shape index (κ3) is 4.27. The van der Waals surface area contributed by atoms with E-state index in [-0.39, 0.29) is 11.9 Å². The second-order valence-electron chi connectivity index (χ2n) is 6.37. The fraction of sp³-hybridized carbons (Fsp3) is 0.400. The zero-order valence-electron chi connectivity index (χ0n) is 14.8. The van der Waals surface area contributed by atoms with Crippen molar-refractivity contribution in [3.8, 4) is 0 Å². The van der Waals surface area contributed by atoms with Crippen LogP contribution >= 0.6 is 22.9 Å². The molecule has 0 unspecified atom stereocenters. The smallest absolute Gasteiger partial charge is 0.341 e. The van der Waals surface area contributed by atoms with Crippen molar-refractivity contribution < 1.29 is 14.3 Å². The van der Waals surface area contributed by atoms with Gasteiger partial charge in [-0.2, -0.15) is 0 Å². The van der Waals surface area contributed by atoms with E-state index < -0.39 is 0 Å². The van der Waals surface area contributed by atoms with Gasteiger partial charge in [0.15, 0.2) is 0 Å². The molecule has 1 aromatic carbocycles.